The van der Waals surface area contributed by atoms with Gasteiger partial charge in [-0.25, -0.2) is 0 Å². The van der Waals surface area contributed by atoms with Crippen LogP contribution in [-0.2, 0) is 4.79 Å². The highest BCUT2D eigenvalue weighted by Crippen LogP contribution is 2.36. The zero-order valence-corrected chi connectivity index (χ0v) is 12.6. The van der Waals surface area contributed by atoms with Crippen molar-refractivity contribution in [1.82, 2.24) is 10.6 Å². The summed E-state index contributed by atoms with van der Waals surface area (Å²) in [6, 6.07) is 11.6. The maximum atomic E-state index is 11.6. The second-order valence-corrected chi connectivity index (χ2v) is 5.86. The highest BCUT2D eigenvalue weighted by molar-refractivity contribution is 5.76. The second kappa shape index (κ2) is 7.44. The number of hydrogen-bond acceptors (Lipinski definition) is 2. The first-order valence-electron chi connectivity index (χ1n) is 7.76. The van der Waals surface area contributed by atoms with Crippen LogP contribution in [-0.4, -0.2) is 24.5 Å². The Hall–Kier alpha value is -1.35. The molecule has 1 saturated carbocycles. The molecule has 0 aliphatic heterocycles. The molecule has 1 aliphatic carbocycles. The third kappa shape index (κ3) is 4.34. The minimum atomic E-state index is 0.158. The summed E-state index contributed by atoms with van der Waals surface area (Å²) in [7, 11) is 0. The highest BCUT2D eigenvalue weighted by atomic mass is 16.1. The number of carbonyl (C=O) groups is 1. The molecule has 1 amide bonds. The van der Waals surface area contributed by atoms with Gasteiger partial charge in [0.1, 0.15) is 0 Å². The molecule has 0 spiro atoms. The molecule has 1 atom stereocenters. The zero-order chi connectivity index (χ0) is 14.4. The molecule has 0 aromatic heterocycles. The standard InChI is InChI=1S/C17H26N2O/c1-3-13(2)19-17(20)9-10-18-16-11-15(12-16)14-7-5-4-6-8-14/h4-8,13,15-16,18H,3,9-12H2,1-2H3,(H,19,20). The van der Waals surface area contributed by atoms with Crippen molar-refractivity contribution in [1.29, 1.82) is 0 Å². The first-order chi connectivity index (χ1) is 9.69. The summed E-state index contributed by atoms with van der Waals surface area (Å²) in [5.41, 5.74) is 1.44. The third-order valence-electron chi connectivity index (χ3n) is 4.21. The number of amides is 1. The van der Waals surface area contributed by atoms with Crippen molar-refractivity contribution in [3.8, 4) is 0 Å². The fraction of sp³-hybridized carbons (Fsp3) is 0.588. The average molecular weight is 274 g/mol. The molecule has 1 unspecified atom stereocenters. The summed E-state index contributed by atoms with van der Waals surface area (Å²) in [6.45, 7) is 4.91. The predicted octanol–water partition coefficient (Wildman–Crippen LogP) is 2.83. The lowest BCUT2D eigenvalue weighted by atomic mass is 9.76. The second-order valence-electron chi connectivity index (χ2n) is 5.86. The monoisotopic (exact) mass is 274 g/mol. The number of rotatable bonds is 7. The van der Waals surface area contributed by atoms with Gasteiger partial charge in [0.15, 0.2) is 0 Å². The molecule has 3 nitrogen and oxygen atoms in total. The molecule has 0 bridgehead atoms. The molecule has 1 aromatic carbocycles. The van der Waals surface area contributed by atoms with Crippen LogP contribution in [0.4, 0.5) is 0 Å². The Morgan fingerprint density at radius 2 is 2.00 bits per heavy atom. The molecular weight excluding hydrogens is 248 g/mol. The zero-order valence-electron chi connectivity index (χ0n) is 12.6. The molecule has 1 aliphatic rings. The van der Waals surface area contributed by atoms with Crippen LogP contribution in [0, 0.1) is 0 Å². The SMILES string of the molecule is CCC(C)NC(=O)CCNC1CC(c2ccccc2)C1. The van der Waals surface area contributed by atoms with E-state index in [-0.39, 0.29) is 11.9 Å². The molecule has 1 fully saturated rings. The van der Waals surface area contributed by atoms with Crippen molar-refractivity contribution in [2.24, 2.45) is 0 Å². The Morgan fingerprint density at radius 1 is 1.30 bits per heavy atom. The molecule has 2 rings (SSSR count). The molecule has 2 N–H and O–H groups in total. The Bertz CT molecular complexity index is 412. The van der Waals surface area contributed by atoms with Crippen molar-refractivity contribution in [2.45, 2.75) is 57.5 Å². The van der Waals surface area contributed by atoms with Crippen molar-refractivity contribution in [3.05, 3.63) is 35.9 Å². The van der Waals surface area contributed by atoms with Gasteiger partial charge >= 0.3 is 0 Å². The van der Waals surface area contributed by atoms with Gasteiger partial charge in [-0.15, -0.1) is 0 Å². The van der Waals surface area contributed by atoms with Gasteiger partial charge in [0.25, 0.3) is 0 Å². The number of carbonyl (C=O) groups excluding carboxylic acids is 1. The van der Waals surface area contributed by atoms with Crippen LogP contribution in [0.15, 0.2) is 30.3 Å². The maximum absolute atomic E-state index is 11.6. The summed E-state index contributed by atoms with van der Waals surface area (Å²) in [5, 5.41) is 6.48. The largest absolute Gasteiger partial charge is 0.354 e. The van der Waals surface area contributed by atoms with E-state index in [1.165, 1.54) is 18.4 Å². The normalized spacial score (nSPS) is 22.9. The molecule has 3 heteroatoms. The van der Waals surface area contributed by atoms with E-state index in [1.807, 2.05) is 6.92 Å². The summed E-state index contributed by atoms with van der Waals surface area (Å²) >= 11 is 0. The smallest absolute Gasteiger partial charge is 0.221 e. The van der Waals surface area contributed by atoms with Crippen LogP contribution in [0.5, 0.6) is 0 Å². The van der Waals surface area contributed by atoms with Gasteiger partial charge in [-0.3, -0.25) is 4.79 Å². The Morgan fingerprint density at radius 3 is 2.65 bits per heavy atom. The van der Waals surface area contributed by atoms with Crippen LogP contribution in [0.1, 0.15) is 51.0 Å². The third-order valence-corrected chi connectivity index (χ3v) is 4.21. The van der Waals surface area contributed by atoms with E-state index in [0.29, 0.717) is 18.4 Å². The predicted molar refractivity (Wildman–Crippen MR) is 82.7 cm³/mol. The van der Waals surface area contributed by atoms with E-state index in [1.54, 1.807) is 0 Å². The van der Waals surface area contributed by atoms with E-state index >= 15 is 0 Å². The average Bonchev–Trinajstić information content (AvgIpc) is 2.42. The van der Waals surface area contributed by atoms with Crippen molar-refractivity contribution < 1.29 is 4.79 Å². The topological polar surface area (TPSA) is 41.1 Å². The lowest BCUT2D eigenvalue weighted by Crippen LogP contribution is -2.42. The molecule has 0 saturated heterocycles. The molecular formula is C17H26N2O. The fourth-order valence-corrected chi connectivity index (χ4v) is 2.62. The van der Waals surface area contributed by atoms with Gasteiger partial charge in [-0.1, -0.05) is 37.3 Å². The van der Waals surface area contributed by atoms with Gasteiger partial charge < -0.3 is 10.6 Å². The van der Waals surface area contributed by atoms with Crippen molar-refractivity contribution in [3.63, 3.8) is 0 Å². The highest BCUT2D eigenvalue weighted by Gasteiger charge is 2.29. The molecule has 0 heterocycles. The van der Waals surface area contributed by atoms with E-state index in [4.69, 9.17) is 0 Å². The van der Waals surface area contributed by atoms with Gasteiger partial charge in [0, 0.05) is 25.0 Å². The van der Waals surface area contributed by atoms with Gasteiger partial charge in [0.05, 0.1) is 0 Å². The van der Waals surface area contributed by atoms with Gasteiger partial charge in [0.2, 0.25) is 5.91 Å². The Balaban J connectivity index is 1.58. The van der Waals surface area contributed by atoms with Gasteiger partial charge in [-0.2, -0.15) is 0 Å². The number of hydrogen-bond donors (Lipinski definition) is 2. The number of nitrogens with one attached hydrogen (secondary N) is 2. The summed E-state index contributed by atoms with van der Waals surface area (Å²) < 4.78 is 0. The lowest BCUT2D eigenvalue weighted by Gasteiger charge is -2.36. The first kappa shape index (κ1) is 15.0. The van der Waals surface area contributed by atoms with Crippen LogP contribution in [0.25, 0.3) is 0 Å². The van der Waals surface area contributed by atoms with Crippen molar-refractivity contribution in [2.75, 3.05) is 6.54 Å². The van der Waals surface area contributed by atoms with E-state index < -0.39 is 0 Å². The summed E-state index contributed by atoms with van der Waals surface area (Å²) in [6.07, 6.45) is 3.95. The van der Waals surface area contributed by atoms with Crippen LogP contribution in [0.2, 0.25) is 0 Å². The molecule has 110 valence electrons. The van der Waals surface area contributed by atoms with Crippen LogP contribution in [0.3, 0.4) is 0 Å². The minimum absolute atomic E-state index is 0.158. The van der Waals surface area contributed by atoms with Gasteiger partial charge in [-0.05, 0) is 37.7 Å². The fourth-order valence-electron chi connectivity index (χ4n) is 2.62. The van der Waals surface area contributed by atoms with E-state index in [0.717, 1.165) is 13.0 Å². The molecule has 0 radical (unpaired) electrons. The summed E-state index contributed by atoms with van der Waals surface area (Å²) in [5.74, 6) is 0.855. The Labute approximate surface area is 122 Å². The first-order valence-corrected chi connectivity index (χ1v) is 7.76. The number of benzene rings is 1. The quantitative estimate of drug-likeness (QED) is 0.803. The van der Waals surface area contributed by atoms with Crippen molar-refractivity contribution >= 4 is 5.91 Å². The van der Waals surface area contributed by atoms with Crippen LogP contribution < -0.4 is 10.6 Å². The molecule has 1 aromatic rings. The Kier molecular flexibility index (Phi) is 5.60. The summed E-state index contributed by atoms with van der Waals surface area (Å²) in [4.78, 5) is 11.6. The van der Waals surface area contributed by atoms with E-state index in [9.17, 15) is 4.79 Å². The minimum Gasteiger partial charge on any atom is -0.354 e. The maximum Gasteiger partial charge on any atom is 0.221 e. The lowest BCUT2D eigenvalue weighted by molar-refractivity contribution is -0.121. The van der Waals surface area contributed by atoms with Crippen LogP contribution >= 0.6 is 0 Å². The molecule has 20 heavy (non-hydrogen) atoms. The van der Waals surface area contributed by atoms with E-state index in [2.05, 4.69) is 47.9 Å².